The fourth-order valence-corrected chi connectivity index (χ4v) is 4.82. The molecule has 0 bridgehead atoms. The average Bonchev–Trinajstić information content (AvgIpc) is 3.42. The van der Waals surface area contributed by atoms with Gasteiger partial charge in [-0.2, -0.15) is 0 Å². The number of hydrogen-bond acceptors (Lipinski definition) is 4. The van der Waals surface area contributed by atoms with Gasteiger partial charge < -0.3 is 10.2 Å². The molecule has 0 aliphatic carbocycles. The van der Waals surface area contributed by atoms with Gasteiger partial charge in [0.25, 0.3) is 5.91 Å². The van der Waals surface area contributed by atoms with Crippen molar-refractivity contribution in [1.82, 2.24) is 10.2 Å². The first-order valence-corrected chi connectivity index (χ1v) is 11.7. The second-order valence-corrected chi connectivity index (χ2v) is 8.88. The van der Waals surface area contributed by atoms with Crippen molar-refractivity contribution in [3.8, 4) is 0 Å². The fraction of sp³-hybridized carbons (Fsp3) is 0.214. The lowest BCUT2D eigenvalue weighted by Crippen LogP contribution is -2.46. The van der Waals surface area contributed by atoms with Crippen LogP contribution in [0.1, 0.15) is 34.3 Å². The number of hydrogen-bond donors (Lipinski definition) is 1. The Hall–Kier alpha value is -4.26. The summed E-state index contributed by atoms with van der Waals surface area (Å²) in [6.07, 6.45) is 1.53. The molecule has 3 aromatic carbocycles. The summed E-state index contributed by atoms with van der Waals surface area (Å²) in [5, 5.41) is 2.88. The molecule has 7 nitrogen and oxygen atoms in total. The average molecular weight is 468 g/mol. The Morgan fingerprint density at radius 1 is 0.886 bits per heavy atom. The molecule has 176 valence electrons. The molecule has 0 spiro atoms. The second-order valence-electron chi connectivity index (χ2n) is 8.88. The molecule has 5 rings (SSSR count). The number of rotatable bonds is 7. The van der Waals surface area contributed by atoms with Crippen molar-refractivity contribution in [2.24, 2.45) is 0 Å². The van der Waals surface area contributed by atoms with E-state index in [1.165, 1.54) is 0 Å². The van der Waals surface area contributed by atoms with E-state index < -0.39 is 17.5 Å². The van der Waals surface area contributed by atoms with Gasteiger partial charge in [0, 0.05) is 30.6 Å². The van der Waals surface area contributed by atoms with Crippen LogP contribution < -0.4 is 10.2 Å². The predicted molar refractivity (Wildman–Crippen MR) is 131 cm³/mol. The molecule has 0 saturated carbocycles. The summed E-state index contributed by atoms with van der Waals surface area (Å²) in [7, 11) is 0. The van der Waals surface area contributed by atoms with Crippen LogP contribution in [0.2, 0.25) is 0 Å². The third-order valence-corrected chi connectivity index (χ3v) is 6.61. The van der Waals surface area contributed by atoms with Crippen LogP contribution >= 0.6 is 0 Å². The molecule has 1 N–H and O–H groups in total. The van der Waals surface area contributed by atoms with E-state index in [1.54, 1.807) is 29.2 Å². The molecule has 0 radical (unpaired) electrons. The maximum absolute atomic E-state index is 13.8. The van der Waals surface area contributed by atoms with Crippen LogP contribution in [0.15, 0.2) is 84.9 Å². The highest BCUT2D eigenvalue weighted by Gasteiger charge is 2.52. The van der Waals surface area contributed by atoms with E-state index >= 15 is 0 Å². The molecule has 2 aliphatic rings. The van der Waals surface area contributed by atoms with Gasteiger partial charge in [-0.15, -0.1) is 0 Å². The minimum Gasteiger partial charge on any atom is -0.319 e. The molecule has 1 unspecified atom stereocenters. The molecular weight excluding hydrogens is 442 g/mol. The summed E-state index contributed by atoms with van der Waals surface area (Å²) < 4.78 is 0. The maximum Gasteiger partial charge on any atom is 0.325 e. The number of anilines is 1. The van der Waals surface area contributed by atoms with Gasteiger partial charge in [0.1, 0.15) is 0 Å². The summed E-state index contributed by atoms with van der Waals surface area (Å²) in [4.78, 5) is 54.7. The van der Waals surface area contributed by atoms with Crippen LogP contribution in [-0.2, 0) is 21.5 Å². The molecule has 2 aliphatic heterocycles. The minimum atomic E-state index is -1.30. The molecular formula is C28H25N3O4. The highest BCUT2D eigenvalue weighted by atomic mass is 16.2. The summed E-state index contributed by atoms with van der Waals surface area (Å²) in [5.74, 6) is -0.806. The molecule has 2 saturated heterocycles. The number of urea groups is 1. The van der Waals surface area contributed by atoms with Crippen LogP contribution in [0.4, 0.5) is 10.5 Å². The third kappa shape index (κ3) is 4.21. The van der Waals surface area contributed by atoms with Crippen molar-refractivity contribution >= 4 is 29.3 Å². The van der Waals surface area contributed by atoms with Gasteiger partial charge in [-0.05, 0) is 29.7 Å². The quantitative estimate of drug-likeness (QED) is 0.424. The predicted octanol–water partition coefficient (Wildman–Crippen LogP) is 3.69. The van der Waals surface area contributed by atoms with Gasteiger partial charge >= 0.3 is 6.03 Å². The molecule has 0 aromatic heterocycles. The molecule has 2 heterocycles. The Labute approximate surface area is 203 Å². The highest BCUT2D eigenvalue weighted by molar-refractivity contribution is 6.12. The Kier molecular flexibility index (Phi) is 5.91. The van der Waals surface area contributed by atoms with Crippen LogP contribution in [-0.4, -0.2) is 41.6 Å². The molecule has 7 heteroatoms. The van der Waals surface area contributed by atoms with Gasteiger partial charge in [-0.3, -0.25) is 19.3 Å². The van der Waals surface area contributed by atoms with Crippen molar-refractivity contribution in [3.05, 3.63) is 102 Å². The fourth-order valence-electron chi connectivity index (χ4n) is 4.82. The summed E-state index contributed by atoms with van der Waals surface area (Å²) in [5.41, 5.74) is 1.25. The lowest BCUT2D eigenvalue weighted by Gasteiger charge is -2.27. The van der Waals surface area contributed by atoms with E-state index in [-0.39, 0.29) is 24.7 Å². The molecule has 35 heavy (non-hydrogen) atoms. The smallest absolute Gasteiger partial charge is 0.319 e. The van der Waals surface area contributed by atoms with Crippen molar-refractivity contribution < 1.29 is 19.2 Å². The van der Waals surface area contributed by atoms with Crippen LogP contribution in [0.3, 0.4) is 0 Å². The van der Waals surface area contributed by atoms with Gasteiger partial charge in [0.15, 0.2) is 11.3 Å². The first kappa shape index (κ1) is 22.5. The van der Waals surface area contributed by atoms with E-state index in [0.29, 0.717) is 29.8 Å². The number of nitrogens with zero attached hydrogens (tertiary/aromatic N) is 2. The van der Waals surface area contributed by atoms with E-state index in [9.17, 15) is 19.2 Å². The topological polar surface area (TPSA) is 86.8 Å². The van der Waals surface area contributed by atoms with Crippen LogP contribution in [0.25, 0.3) is 0 Å². The SMILES string of the molecule is O=C(CN1C(=O)NC(Cc2ccccc2)(c2ccccc2)C1=O)c1cccc(N2CCCC2=O)c1. The molecule has 1 atom stereocenters. The standard InChI is InChI=1S/C28H25N3O4/c32-24(21-11-7-14-23(17-21)30-16-8-15-25(30)33)19-31-26(34)28(29-27(31)35,22-12-5-2-6-13-22)18-20-9-3-1-4-10-20/h1-7,9-14,17H,8,15-16,18-19H2,(H,29,35). The second kappa shape index (κ2) is 9.18. The number of nitrogens with one attached hydrogen (secondary N) is 1. The van der Waals surface area contributed by atoms with Crippen LogP contribution in [0, 0.1) is 0 Å². The van der Waals surface area contributed by atoms with Gasteiger partial charge in [-0.1, -0.05) is 72.8 Å². The Morgan fingerprint density at radius 3 is 2.29 bits per heavy atom. The molecule has 4 amide bonds. The zero-order valence-electron chi connectivity index (χ0n) is 19.1. The Morgan fingerprint density at radius 2 is 1.60 bits per heavy atom. The normalized spacial score (nSPS) is 19.8. The maximum atomic E-state index is 13.8. The lowest BCUT2D eigenvalue weighted by molar-refractivity contribution is -0.131. The monoisotopic (exact) mass is 467 g/mol. The van der Waals surface area contributed by atoms with E-state index in [1.807, 2.05) is 60.7 Å². The summed E-state index contributed by atoms with van der Waals surface area (Å²) in [6, 6.07) is 24.8. The molecule has 2 fully saturated rings. The number of carbonyl (C=O) groups excluding carboxylic acids is 4. The van der Waals surface area contributed by atoms with Crippen molar-refractivity contribution in [2.45, 2.75) is 24.8 Å². The van der Waals surface area contributed by atoms with Crippen LogP contribution in [0.5, 0.6) is 0 Å². The Bertz CT molecular complexity index is 1290. The zero-order chi connectivity index (χ0) is 24.4. The number of ketones is 1. The number of benzene rings is 3. The number of imide groups is 1. The zero-order valence-corrected chi connectivity index (χ0v) is 19.1. The number of amides is 4. The Balaban J connectivity index is 1.42. The summed E-state index contributed by atoms with van der Waals surface area (Å²) in [6.45, 7) is 0.230. The van der Waals surface area contributed by atoms with E-state index in [4.69, 9.17) is 0 Å². The number of carbonyl (C=O) groups is 4. The van der Waals surface area contributed by atoms with Crippen molar-refractivity contribution in [1.29, 1.82) is 0 Å². The first-order valence-electron chi connectivity index (χ1n) is 11.7. The summed E-state index contributed by atoms with van der Waals surface area (Å²) >= 11 is 0. The number of Topliss-reactive ketones (excluding diaryl/α,β-unsaturated/α-hetero) is 1. The van der Waals surface area contributed by atoms with E-state index in [0.717, 1.165) is 16.9 Å². The molecule has 3 aromatic rings. The lowest BCUT2D eigenvalue weighted by atomic mass is 9.83. The van der Waals surface area contributed by atoms with Gasteiger partial charge in [-0.25, -0.2) is 4.79 Å². The van der Waals surface area contributed by atoms with Crippen molar-refractivity contribution in [3.63, 3.8) is 0 Å². The largest absolute Gasteiger partial charge is 0.325 e. The van der Waals surface area contributed by atoms with Gasteiger partial charge in [0.2, 0.25) is 5.91 Å². The highest BCUT2D eigenvalue weighted by Crippen LogP contribution is 2.33. The van der Waals surface area contributed by atoms with E-state index in [2.05, 4.69) is 5.32 Å². The third-order valence-electron chi connectivity index (χ3n) is 6.61. The first-order chi connectivity index (χ1) is 17.0. The van der Waals surface area contributed by atoms with Gasteiger partial charge in [0.05, 0.1) is 6.54 Å². The van der Waals surface area contributed by atoms with Crippen molar-refractivity contribution in [2.75, 3.05) is 18.0 Å². The minimum absolute atomic E-state index is 0.0252.